The smallest absolute Gasteiger partial charge is 0.321 e. The van der Waals surface area contributed by atoms with Crippen LogP contribution in [0.2, 0.25) is 0 Å². The van der Waals surface area contributed by atoms with Crippen molar-refractivity contribution < 1.29 is 23.8 Å². The third-order valence-electron chi connectivity index (χ3n) is 1.98. The molecule has 0 saturated carbocycles. The zero-order valence-corrected chi connectivity index (χ0v) is 11.4. The summed E-state index contributed by atoms with van der Waals surface area (Å²) >= 11 is 0. The first-order valence-corrected chi connectivity index (χ1v) is 6.14. The second kappa shape index (κ2) is 11.3. The van der Waals surface area contributed by atoms with E-state index >= 15 is 0 Å². The Bertz CT molecular complexity index is 333. The van der Waals surface area contributed by atoms with E-state index in [4.69, 9.17) is 14.2 Å². The summed E-state index contributed by atoms with van der Waals surface area (Å²) in [6.45, 7) is 7.91. The highest BCUT2D eigenvalue weighted by atomic mass is 16.6. The van der Waals surface area contributed by atoms with Gasteiger partial charge in [0, 0.05) is 6.42 Å². The highest BCUT2D eigenvalue weighted by Crippen LogP contribution is 2.08. The average molecular weight is 268 g/mol. The first-order chi connectivity index (χ1) is 9.17. The maximum Gasteiger partial charge on any atom is 0.321 e. The topological polar surface area (TPSA) is 61.8 Å². The van der Waals surface area contributed by atoms with E-state index in [0.717, 1.165) is 0 Å². The van der Waals surface area contributed by atoms with Crippen molar-refractivity contribution >= 4 is 11.9 Å². The van der Waals surface area contributed by atoms with Gasteiger partial charge in [0.2, 0.25) is 0 Å². The molecule has 0 aliphatic carbocycles. The molecular formula is C14H20O5. The Morgan fingerprint density at radius 1 is 1.16 bits per heavy atom. The average Bonchev–Trinajstić information content (AvgIpc) is 2.38. The molecule has 0 fully saturated rings. The van der Waals surface area contributed by atoms with Crippen molar-refractivity contribution in [3.63, 3.8) is 0 Å². The minimum absolute atomic E-state index is 0.0646. The molecular weight excluding hydrogens is 248 g/mol. The molecule has 0 rings (SSSR count). The van der Waals surface area contributed by atoms with E-state index in [0.29, 0.717) is 6.61 Å². The van der Waals surface area contributed by atoms with E-state index in [9.17, 15) is 9.59 Å². The van der Waals surface area contributed by atoms with Crippen LogP contribution in [0.25, 0.3) is 0 Å². The lowest BCUT2D eigenvalue weighted by molar-refractivity contribution is -0.161. The van der Waals surface area contributed by atoms with Crippen LogP contribution in [0.3, 0.4) is 0 Å². The lowest BCUT2D eigenvalue weighted by atomic mass is 10.1. The summed E-state index contributed by atoms with van der Waals surface area (Å²) in [6.07, 6.45) is 1.68. The van der Waals surface area contributed by atoms with E-state index in [2.05, 4.69) is 18.4 Å². The quantitative estimate of drug-likeness (QED) is 0.218. The first kappa shape index (κ1) is 17.2. The van der Waals surface area contributed by atoms with Crippen LogP contribution in [0, 0.1) is 17.8 Å². The molecule has 0 unspecified atom stereocenters. The molecule has 0 N–H and O–H groups in total. The van der Waals surface area contributed by atoms with Gasteiger partial charge in [0.15, 0.2) is 5.92 Å². The van der Waals surface area contributed by atoms with Crippen LogP contribution in [0.15, 0.2) is 12.7 Å². The SMILES string of the molecule is C=CCOCC#CCC(C(=O)OCC)C(=O)OCC. The molecule has 0 aliphatic heterocycles. The minimum atomic E-state index is -0.994. The summed E-state index contributed by atoms with van der Waals surface area (Å²) in [5, 5.41) is 0. The van der Waals surface area contributed by atoms with Crippen molar-refractivity contribution in [3.05, 3.63) is 12.7 Å². The van der Waals surface area contributed by atoms with Crippen molar-refractivity contribution in [2.45, 2.75) is 20.3 Å². The second-order valence-corrected chi connectivity index (χ2v) is 3.42. The fourth-order valence-electron chi connectivity index (χ4n) is 1.17. The maximum absolute atomic E-state index is 11.6. The van der Waals surface area contributed by atoms with E-state index in [1.807, 2.05) is 0 Å². The van der Waals surface area contributed by atoms with Crippen LogP contribution < -0.4 is 0 Å². The largest absolute Gasteiger partial charge is 0.465 e. The van der Waals surface area contributed by atoms with Gasteiger partial charge in [-0.1, -0.05) is 17.9 Å². The standard InChI is InChI=1S/C14H20O5/c1-4-10-17-11-8-7-9-12(13(15)18-5-2)14(16)19-6-3/h4,12H,1,5-6,9-11H2,2-3H3. The highest BCUT2D eigenvalue weighted by Gasteiger charge is 2.28. The molecule has 5 nitrogen and oxygen atoms in total. The van der Waals surface area contributed by atoms with Crippen LogP contribution in [0.4, 0.5) is 0 Å². The number of esters is 2. The Kier molecular flexibility index (Phi) is 10.2. The number of hydrogen-bond acceptors (Lipinski definition) is 5. The molecule has 5 heteroatoms. The molecule has 0 aromatic heterocycles. The number of carbonyl (C=O) groups is 2. The molecule has 0 aromatic rings. The third-order valence-corrected chi connectivity index (χ3v) is 1.98. The Morgan fingerprint density at radius 2 is 1.74 bits per heavy atom. The van der Waals surface area contributed by atoms with Gasteiger partial charge in [-0.15, -0.1) is 6.58 Å². The normalized spacial score (nSPS) is 9.42. The number of hydrogen-bond donors (Lipinski definition) is 0. The number of rotatable bonds is 8. The summed E-state index contributed by atoms with van der Waals surface area (Å²) in [5.41, 5.74) is 0. The van der Waals surface area contributed by atoms with E-state index in [1.54, 1.807) is 19.9 Å². The molecule has 0 aliphatic rings. The summed E-state index contributed by atoms with van der Waals surface area (Å²) in [7, 11) is 0. The maximum atomic E-state index is 11.6. The summed E-state index contributed by atoms with van der Waals surface area (Å²) in [5.74, 6) is 3.21. The molecule has 0 spiro atoms. The second-order valence-electron chi connectivity index (χ2n) is 3.42. The predicted molar refractivity (Wildman–Crippen MR) is 70.2 cm³/mol. The van der Waals surface area contributed by atoms with Gasteiger partial charge in [-0.3, -0.25) is 9.59 Å². The third kappa shape index (κ3) is 8.01. The Hall–Kier alpha value is -1.80. The van der Waals surface area contributed by atoms with Crippen LogP contribution in [-0.2, 0) is 23.8 Å². The van der Waals surface area contributed by atoms with E-state index in [1.165, 1.54) is 0 Å². The fraction of sp³-hybridized carbons (Fsp3) is 0.571. The molecule has 0 bridgehead atoms. The Labute approximate surface area is 113 Å². The van der Waals surface area contributed by atoms with Crippen molar-refractivity contribution in [2.24, 2.45) is 5.92 Å². The van der Waals surface area contributed by atoms with Gasteiger partial charge in [-0.25, -0.2) is 0 Å². The van der Waals surface area contributed by atoms with Gasteiger partial charge in [0.1, 0.15) is 6.61 Å². The van der Waals surface area contributed by atoms with Gasteiger partial charge in [-0.05, 0) is 13.8 Å². The highest BCUT2D eigenvalue weighted by molar-refractivity contribution is 5.95. The lowest BCUT2D eigenvalue weighted by Crippen LogP contribution is -2.27. The van der Waals surface area contributed by atoms with Gasteiger partial charge in [0.25, 0.3) is 0 Å². The molecule has 19 heavy (non-hydrogen) atoms. The monoisotopic (exact) mass is 268 g/mol. The number of ether oxygens (including phenoxy) is 3. The lowest BCUT2D eigenvalue weighted by Gasteiger charge is -2.11. The molecule has 0 atom stereocenters. The van der Waals surface area contributed by atoms with Crippen LogP contribution in [0.5, 0.6) is 0 Å². The predicted octanol–water partition coefficient (Wildman–Crippen LogP) is 1.32. The van der Waals surface area contributed by atoms with Gasteiger partial charge >= 0.3 is 11.9 Å². The van der Waals surface area contributed by atoms with Crippen LogP contribution in [-0.4, -0.2) is 38.4 Å². The Balaban J connectivity index is 4.37. The summed E-state index contributed by atoms with van der Waals surface area (Å²) in [4.78, 5) is 23.2. The molecule has 0 aromatic carbocycles. The minimum Gasteiger partial charge on any atom is -0.465 e. The zero-order valence-electron chi connectivity index (χ0n) is 11.4. The molecule has 0 saturated heterocycles. The van der Waals surface area contributed by atoms with Gasteiger partial charge in [0.05, 0.1) is 19.8 Å². The van der Waals surface area contributed by atoms with Crippen LogP contribution in [0.1, 0.15) is 20.3 Å². The molecule has 0 amide bonds. The van der Waals surface area contributed by atoms with Crippen molar-refractivity contribution in [3.8, 4) is 11.8 Å². The number of carbonyl (C=O) groups excluding carboxylic acids is 2. The van der Waals surface area contributed by atoms with E-state index in [-0.39, 0.29) is 26.2 Å². The van der Waals surface area contributed by atoms with Gasteiger partial charge < -0.3 is 14.2 Å². The fourth-order valence-corrected chi connectivity index (χ4v) is 1.17. The first-order valence-electron chi connectivity index (χ1n) is 6.14. The molecule has 0 heterocycles. The van der Waals surface area contributed by atoms with Gasteiger partial charge in [-0.2, -0.15) is 0 Å². The van der Waals surface area contributed by atoms with Crippen molar-refractivity contribution in [1.82, 2.24) is 0 Å². The van der Waals surface area contributed by atoms with Crippen LogP contribution >= 0.6 is 0 Å². The molecule has 0 radical (unpaired) electrons. The summed E-state index contributed by atoms with van der Waals surface area (Å²) < 4.78 is 14.7. The Morgan fingerprint density at radius 3 is 2.21 bits per heavy atom. The molecule has 106 valence electrons. The van der Waals surface area contributed by atoms with Crippen molar-refractivity contribution in [2.75, 3.05) is 26.4 Å². The summed E-state index contributed by atoms with van der Waals surface area (Å²) in [6, 6.07) is 0. The van der Waals surface area contributed by atoms with E-state index < -0.39 is 17.9 Å². The van der Waals surface area contributed by atoms with Crippen molar-refractivity contribution in [1.29, 1.82) is 0 Å². The zero-order chi connectivity index (χ0) is 14.5.